The van der Waals surface area contributed by atoms with E-state index in [1.165, 1.54) is 29.7 Å². The molecule has 4 rings (SSSR count). The van der Waals surface area contributed by atoms with E-state index >= 15 is 0 Å². The van der Waals surface area contributed by atoms with Crippen LogP contribution >= 0.6 is 11.3 Å². The van der Waals surface area contributed by atoms with E-state index in [0.29, 0.717) is 6.54 Å². The number of aryl methyl sites for hydroxylation is 1. The first-order valence-corrected chi connectivity index (χ1v) is 8.10. The highest BCUT2D eigenvalue weighted by atomic mass is 32.1. The molecule has 0 unspecified atom stereocenters. The van der Waals surface area contributed by atoms with Crippen molar-refractivity contribution in [2.75, 3.05) is 6.54 Å². The van der Waals surface area contributed by atoms with Crippen LogP contribution in [0.5, 0.6) is 0 Å². The molecule has 0 saturated carbocycles. The minimum absolute atomic E-state index is 0.213. The van der Waals surface area contributed by atoms with Crippen molar-refractivity contribution < 1.29 is 4.79 Å². The number of fused-ring (bicyclic) bond motifs is 2. The first-order chi connectivity index (χ1) is 9.83. The lowest BCUT2D eigenvalue weighted by molar-refractivity contribution is 0.0738. The van der Waals surface area contributed by atoms with E-state index in [9.17, 15) is 4.79 Å². The highest BCUT2D eigenvalue weighted by molar-refractivity contribution is 7.12. The number of H-pyrrole nitrogens is 1. The number of carbonyl (C=O) groups excluding carboxylic acids is 1. The van der Waals surface area contributed by atoms with Crippen LogP contribution in [0.1, 0.15) is 44.9 Å². The molecule has 2 aromatic heterocycles. The number of nitrogens with one attached hydrogen (secondary N) is 1. The summed E-state index contributed by atoms with van der Waals surface area (Å²) in [5.41, 5.74) is 5.08. The summed E-state index contributed by atoms with van der Waals surface area (Å²) in [6.07, 6.45) is 7.43. The monoisotopic (exact) mass is 287 g/mol. The molecule has 0 radical (unpaired) electrons. The number of aromatic nitrogens is 2. The molecule has 20 heavy (non-hydrogen) atoms. The van der Waals surface area contributed by atoms with Crippen molar-refractivity contribution in [3.05, 3.63) is 38.8 Å². The van der Waals surface area contributed by atoms with Crippen molar-refractivity contribution in [3.63, 3.8) is 0 Å². The van der Waals surface area contributed by atoms with Gasteiger partial charge in [-0.3, -0.25) is 9.89 Å². The third kappa shape index (κ3) is 1.88. The zero-order valence-electron chi connectivity index (χ0n) is 11.3. The van der Waals surface area contributed by atoms with E-state index in [0.717, 1.165) is 36.2 Å². The summed E-state index contributed by atoms with van der Waals surface area (Å²) in [5, 5.41) is 9.28. The Bertz CT molecular complexity index is 658. The van der Waals surface area contributed by atoms with E-state index in [-0.39, 0.29) is 5.91 Å². The molecule has 2 aromatic rings. The maximum Gasteiger partial charge on any atom is 0.264 e. The van der Waals surface area contributed by atoms with Crippen molar-refractivity contribution in [1.29, 1.82) is 0 Å². The third-order valence-electron chi connectivity index (χ3n) is 4.39. The quantitative estimate of drug-likeness (QED) is 0.876. The van der Waals surface area contributed by atoms with Crippen LogP contribution in [0.15, 0.2) is 11.6 Å². The van der Waals surface area contributed by atoms with Crippen LogP contribution in [0, 0.1) is 0 Å². The summed E-state index contributed by atoms with van der Waals surface area (Å²) in [6, 6.07) is 0. The molecule has 3 heterocycles. The van der Waals surface area contributed by atoms with Gasteiger partial charge >= 0.3 is 0 Å². The van der Waals surface area contributed by atoms with Gasteiger partial charge in [-0.05, 0) is 42.2 Å². The maximum absolute atomic E-state index is 12.8. The summed E-state index contributed by atoms with van der Waals surface area (Å²) in [6.45, 7) is 1.48. The van der Waals surface area contributed by atoms with E-state index in [1.807, 2.05) is 11.1 Å². The second-order valence-electron chi connectivity index (χ2n) is 5.63. The van der Waals surface area contributed by atoms with Gasteiger partial charge in [0.15, 0.2) is 0 Å². The number of nitrogens with zero attached hydrogens (tertiary/aromatic N) is 2. The second kappa shape index (κ2) is 4.74. The van der Waals surface area contributed by atoms with E-state index in [4.69, 9.17) is 0 Å². The average Bonchev–Trinajstić information content (AvgIpc) is 3.12. The number of aromatic amines is 1. The fraction of sp³-hybridized carbons (Fsp3) is 0.467. The predicted octanol–water partition coefficient (Wildman–Crippen LogP) is 2.55. The van der Waals surface area contributed by atoms with Gasteiger partial charge in [-0.2, -0.15) is 5.10 Å². The van der Waals surface area contributed by atoms with Gasteiger partial charge < -0.3 is 4.90 Å². The molecule has 1 amide bonds. The number of hydrogen-bond donors (Lipinski definition) is 1. The lowest BCUT2D eigenvalue weighted by Crippen LogP contribution is -2.35. The molecule has 0 aromatic carbocycles. The van der Waals surface area contributed by atoms with Gasteiger partial charge in [-0.15, -0.1) is 11.3 Å². The minimum Gasteiger partial charge on any atom is -0.333 e. The van der Waals surface area contributed by atoms with Gasteiger partial charge in [0, 0.05) is 30.8 Å². The SMILES string of the molecule is O=C(c1scc2c1CCCC2)N1CCc2[nH]ncc2C1. The zero-order chi connectivity index (χ0) is 13.5. The fourth-order valence-electron chi connectivity index (χ4n) is 3.24. The Morgan fingerprint density at radius 2 is 2.15 bits per heavy atom. The summed E-state index contributed by atoms with van der Waals surface area (Å²) in [5.74, 6) is 0.213. The van der Waals surface area contributed by atoms with Crippen LogP contribution in [0.2, 0.25) is 0 Å². The van der Waals surface area contributed by atoms with Crippen LogP contribution in [0.25, 0.3) is 0 Å². The number of thiophene rings is 1. The normalized spacial score (nSPS) is 17.7. The van der Waals surface area contributed by atoms with E-state index < -0.39 is 0 Å². The summed E-state index contributed by atoms with van der Waals surface area (Å²) in [4.78, 5) is 15.7. The molecule has 5 heteroatoms. The number of hydrogen-bond acceptors (Lipinski definition) is 3. The Labute approximate surface area is 121 Å². The number of amides is 1. The van der Waals surface area contributed by atoms with E-state index in [1.54, 1.807) is 11.3 Å². The Kier molecular flexibility index (Phi) is 2.88. The molecule has 1 aliphatic carbocycles. The average molecular weight is 287 g/mol. The van der Waals surface area contributed by atoms with Crippen LogP contribution in [-0.2, 0) is 25.8 Å². The Morgan fingerprint density at radius 1 is 1.25 bits per heavy atom. The standard InChI is InChI=1S/C15H17N3OS/c19-15(14-12-4-2-1-3-10(12)9-20-14)18-6-5-13-11(8-18)7-16-17-13/h7,9H,1-6,8H2,(H,16,17). The highest BCUT2D eigenvalue weighted by Crippen LogP contribution is 2.31. The Hall–Kier alpha value is -1.62. The van der Waals surface area contributed by atoms with Gasteiger partial charge in [-0.25, -0.2) is 0 Å². The third-order valence-corrected chi connectivity index (χ3v) is 5.44. The molecule has 1 N–H and O–H groups in total. The predicted molar refractivity (Wildman–Crippen MR) is 78.0 cm³/mol. The van der Waals surface area contributed by atoms with E-state index in [2.05, 4.69) is 15.6 Å². The van der Waals surface area contributed by atoms with Crippen LogP contribution in [0.3, 0.4) is 0 Å². The lowest BCUT2D eigenvalue weighted by atomic mass is 9.93. The highest BCUT2D eigenvalue weighted by Gasteiger charge is 2.27. The molecule has 0 fully saturated rings. The van der Waals surface area contributed by atoms with Gasteiger partial charge in [0.25, 0.3) is 5.91 Å². The maximum atomic E-state index is 12.8. The lowest BCUT2D eigenvalue weighted by Gasteiger charge is -2.27. The molecule has 0 saturated heterocycles. The van der Waals surface area contributed by atoms with Crippen LogP contribution < -0.4 is 0 Å². The molecule has 1 aliphatic heterocycles. The topological polar surface area (TPSA) is 49.0 Å². The van der Waals surface area contributed by atoms with Crippen molar-refractivity contribution >= 4 is 17.2 Å². The first-order valence-electron chi connectivity index (χ1n) is 7.22. The van der Waals surface area contributed by atoms with Crippen LogP contribution in [-0.4, -0.2) is 27.5 Å². The van der Waals surface area contributed by atoms with Crippen molar-refractivity contribution in [2.24, 2.45) is 0 Å². The van der Waals surface area contributed by atoms with Crippen molar-refractivity contribution in [2.45, 2.75) is 38.6 Å². The molecule has 0 bridgehead atoms. The van der Waals surface area contributed by atoms with Gasteiger partial charge in [-0.1, -0.05) is 0 Å². The summed E-state index contributed by atoms with van der Waals surface area (Å²) >= 11 is 1.64. The largest absolute Gasteiger partial charge is 0.333 e. The Balaban J connectivity index is 1.61. The molecule has 4 nitrogen and oxygen atoms in total. The first kappa shape index (κ1) is 12.1. The second-order valence-corrected chi connectivity index (χ2v) is 6.51. The Morgan fingerprint density at radius 3 is 3.10 bits per heavy atom. The smallest absolute Gasteiger partial charge is 0.264 e. The molecular formula is C15H17N3OS. The molecule has 2 aliphatic rings. The van der Waals surface area contributed by atoms with Gasteiger partial charge in [0.1, 0.15) is 0 Å². The summed E-state index contributed by atoms with van der Waals surface area (Å²) in [7, 11) is 0. The molecule has 104 valence electrons. The van der Waals surface area contributed by atoms with Gasteiger partial charge in [0.05, 0.1) is 11.1 Å². The minimum atomic E-state index is 0.213. The molecular weight excluding hydrogens is 270 g/mol. The van der Waals surface area contributed by atoms with Crippen LogP contribution in [0.4, 0.5) is 0 Å². The van der Waals surface area contributed by atoms with Gasteiger partial charge in [0.2, 0.25) is 0 Å². The van der Waals surface area contributed by atoms with Crippen molar-refractivity contribution in [1.82, 2.24) is 15.1 Å². The molecule has 0 spiro atoms. The zero-order valence-corrected chi connectivity index (χ0v) is 12.1. The number of carbonyl (C=O) groups is 1. The number of rotatable bonds is 1. The fourth-order valence-corrected chi connectivity index (χ4v) is 4.36. The summed E-state index contributed by atoms with van der Waals surface area (Å²) < 4.78 is 0. The van der Waals surface area contributed by atoms with Crippen molar-refractivity contribution in [3.8, 4) is 0 Å². The molecule has 0 atom stereocenters.